The van der Waals surface area contributed by atoms with Gasteiger partial charge in [-0.2, -0.15) is 4.31 Å². The van der Waals surface area contributed by atoms with Crippen molar-refractivity contribution in [3.05, 3.63) is 59.7 Å². The lowest BCUT2D eigenvalue weighted by atomic mass is 10.0. The zero-order valence-corrected chi connectivity index (χ0v) is 20.4. The van der Waals surface area contributed by atoms with Gasteiger partial charge in [-0.1, -0.05) is 32.0 Å². The number of likely N-dealkylation sites (N-methyl/N-ethyl adjacent to an activating group) is 1. The maximum Gasteiger partial charge on any atom is 0.252 e. The number of hydrogen-bond donors (Lipinski definition) is 2. The molecule has 1 fully saturated rings. The second-order valence-corrected chi connectivity index (χ2v) is 10.7. The Bertz CT molecular complexity index is 1090. The van der Waals surface area contributed by atoms with Gasteiger partial charge < -0.3 is 15.5 Å². The maximum atomic E-state index is 12.9. The minimum atomic E-state index is -3.57. The summed E-state index contributed by atoms with van der Waals surface area (Å²) in [5.41, 5.74) is 1.82. The molecule has 1 saturated heterocycles. The molecule has 9 heteroatoms. The van der Waals surface area contributed by atoms with E-state index in [1.54, 1.807) is 24.3 Å². The number of anilines is 1. The molecule has 2 amide bonds. The number of carbonyl (C=O) groups excluding carboxylic acids is 2. The van der Waals surface area contributed by atoms with E-state index in [4.69, 9.17) is 0 Å². The summed E-state index contributed by atoms with van der Waals surface area (Å²) in [6.45, 7) is 7.84. The zero-order valence-electron chi connectivity index (χ0n) is 19.5. The highest BCUT2D eigenvalue weighted by atomic mass is 32.2. The second-order valence-electron chi connectivity index (χ2n) is 8.73. The molecule has 0 aliphatic carbocycles. The van der Waals surface area contributed by atoms with Gasteiger partial charge in [-0.3, -0.25) is 9.59 Å². The first kappa shape index (κ1) is 24.9. The van der Waals surface area contributed by atoms with Gasteiger partial charge in [0.25, 0.3) is 5.91 Å². The summed E-state index contributed by atoms with van der Waals surface area (Å²) in [4.78, 5) is 27.9. The molecule has 1 aliphatic heterocycles. The van der Waals surface area contributed by atoms with E-state index < -0.39 is 16.1 Å². The lowest BCUT2D eigenvalue weighted by Crippen LogP contribution is -2.47. The van der Waals surface area contributed by atoms with Crippen molar-refractivity contribution < 1.29 is 18.0 Å². The van der Waals surface area contributed by atoms with Crippen LogP contribution in [0, 0.1) is 12.8 Å². The average Bonchev–Trinajstić information content (AvgIpc) is 2.78. The van der Waals surface area contributed by atoms with E-state index in [0.717, 1.165) is 5.56 Å². The molecule has 0 aromatic heterocycles. The zero-order chi connectivity index (χ0) is 24.2. The van der Waals surface area contributed by atoms with Crippen LogP contribution in [0.25, 0.3) is 0 Å². The summed E-state index contributed by atoms with van der Waals surface area (Å²) in [5, 5.41) is 5.61. The Morgan fingerprint density at radius 1 is 0.939 bits per heavy atom. The number of hydrogen-bond acceptors (Lipinski definition) is 5. The molecular formula is C24H32N4O4S. The highest BCUT2D eigenvalue weighted by Crippen LogP contribution is 2.20. The molecule has 0 radical (unpaired) electrons. The Kier molecular flexibility index (Phi) is 7.88. The van der Waals surface area contributed by atoms with E-state index in [0.29, 0.717) is 37.4 Å². The van der Waals surface area contributed by atoms with Crippen LogP contribution in [0.15, 0.2) is 53.4 Å². The second kappa shape index (κ2) is 10.5. The minimum absolute atomic E-state index is 0.144. The summed E-state index contributed by atoms with van der Waals surface area (Å²) in [6.07, 6.45) is 0. The van der Waals surface area contributed by atoms with E-state index in [9.17, 15) is 18.0 Å². The third kappa shape index (κ3) is 5.98. The monoisotopic (exact) mass is 472 g/mol. The van der Waals surface area contributed by atoms with Crippen molar-refractivity contribution in [2.45, 2.75) is 31.7 Å². The van der Waals surface area contributed by atoms with Crippen molar-refractivity contribution in [1.82, 2.24) is 14.5 Å². The fourth-order valence-corrected chi connectivity index (χ4v) is 5.11. The standard InChI is InChI=1S/C24H32N4O4S/c1-17(2)22(26-23(29)21-8-6-5-7-18(21)3)24(30)25-19-9-11-20(12-10-19)33(31,32)28-15-13-27(4)14-16-28/h5-12,17,22H,13-16H2,1-4H3,(H,25,30)(H,26,29)/t22-/m0/s1. The molecule has 178 valence electrons. The lowest BCUT2D eigenvalue weighted by Gasteiger charge is -2.31. The summed E-state index contributed by atoms with van der Waals surface area (Å²) < 4.78 is 27.2. The van der Waals surface area contributed by atoms with Crippen molar-refractivity contribution in [2.24, 2.45) is 5.92 Å². The van der Waals surface area contributed by atoms with Crippen LogP contribution in [-0.2, 0) is 14.8 Å². The molecular weight excluding hydrogens is 440 g/mol. The highest BCUT2D eigenvalue weighted by Gasteiger charge is 2.28. The molecule has 1 aliphatic rings. The minimum Gasteiger partial charge on any atom is -0.340 e. The number of aryl methyl sites for hydroxylation is 1. The first-order valence-corrected chi connectivity index (χ1v) is 12.5. The quantitative estimate of drug-likeness (QED) is 0.644. The van der Waals surface area contributed by atoms with Crippen molar-refractivity contribution in [2.75, 3.05) is 38.5 Å². The average molecular weight is 473 g/mol. The van der Waals surface area contributed by atoms with Crippen molar-refractivity contribution >= 4 is 27.5 Å². The van der Waals surface area contributed by atoms with Gasteiger partial charge in [0, 0.05) is 37.4 Å². The number of nitrogens with zero attached hydrogens (tertiary/aromatic N) is 2. The molecule has 33 heavy (non-hydrogen) atoms. The molecule has 2 aromatic carbocycles. The Balaban J connectivity index is 1.68. The van der Waals surface area contributed by atoms with E-state index in [1.807, 2.05) is 40.0 Å². The fraction of sp³-hybridized carbons (Fsp3) is 0.417. The van der Waals surface area contributed by atoms with Gasteiger partial charge >= 0.3 is 0 Å². The van der Waals surface area contributed by atoms with Crippen LogP contribution in [-0.4, -0.2) is 68.7 Å². The topological polar surface area (TPSA) is 98.8 Å². The van der Waals surface area contributed by atoms with Crippen LogP contribution in [0.1, 0.15) is 29.8 Å². The Hall–Kier alpha value is -2.75. The Morgan fingerprint density at radius 3 is 2.12 bits per heavy atom. The van der Waals surface area contributed by atoms with Gasteiger partial charge in [-0.25, -0.2) is 8.42 Å². The Morgan fingerprint density at radius 2 is 1.55 bits per heavy atom. The molecule has 8 nitrogen and oxygen atoms in total. The number of piperazine rings is 1. The van der Waals surface area contributed by atoms with E-state index in [1.165, 1.54) is 16.4 Å². The van der Waals surface area contributed by atoms with Crippen molar-refractivity contribution in [1.29, 1.82) is 0 Å². The molecule has 2 aromatic rings. The number of benzene rings is 2. The Labute approximate surface area is 196 Å². The summed E-state index contributed by atoms with van der Waals surface area (Å²) in [7, 11) is -1.61. The smallest absolute Gasteiger partial charge is 0.252 e. The molecule has 1 atom stereocenters. The third-order valence-electron chi connectivity index (χ3n) is 5.85. The SMILES string of the molecule is Cc1ccccc1C(=O)N[C@H](C(=O)Nc1ccc(S(=O)(=O)N2CCN(C)CC2)cc1)C(C)C. The van der Waals surface area contributed by atoms with Gasteiger partial charge in [0.05, 0.1) is 4.90 Å². The van der Waals surface area contributed by atoms with Gasteiger partial charge in [0.2, 0.25) is 15.9 Å². The summed E-state index contributed by atoms with van der Waals surface area (Å²) in [5.74, 6) is -0.813. The van der Waals surface area contributed by atoms with E-state index >= 15 is 0 Å². The molecule has 0 saturated carbocycles. The van der Waals surface area contributed by atoms with Crippen LogP contribution in [0.3, 0.4) is 0 Å². The predicted molar refractivity (Wildman–Crippen MR) is 129 cm³/mol. The molecule has 0 spiro atoms. The fourth-order valence-electron chi connectivity index (χ4n) is 3.69. The summed E-state index contributed by atoms with van der Waals surface area (Å²) >= 11 is 0. The number of nitrogens with one attached hydrogen (secondary N) is 2. The van der Waals surface area contributed by atoms with Crippen LogP contribution < -0.4 is 10.6 Å². The van der Waals surface area contributed by atoms with Crippen LogP contribution in [0.2, 0.25) is 0 Å². The van der Waals surface area contributed by atoms with Crippen molar-refractivity contribution in [3.63, 3.8) is 0 Å². The van der Waals surface area contributed by atoms with Crippen molar-refractivity contribution in [3.8, 4) is 0 Å². The first-order valence-electron chi connectivity index (χ1n) is 11.1. The van der Waals surface area contributed by atoms with Gasteiger partial charge in [0.15, 0.2) is 0 Å². The molecule has 3 rings (SSSR count). The highest BCUT2D eigenvalue weighted by molar-refractivity contribution is 7.89. The van der Waals surface area contributed by atoms with Crippen LogP contribution in [0.5, 0.6) is 0 Å². The predicted octanol–water partition coefficient (Wildman–Crippen LogP) is 2.32. The molecule has 0 bridgehead atoms. The molecule has 0 unspecified atom stereocenters. The van der Waals surface area contributed by atoms with E-state index in [2.05, 4.69) is 15.5 Å². The van der Waals surface area contributed by atoms with Gasteiger partial charge in [0.1, 0.15) is 6.04 Å². The summed E-state index contributed by atoms with van der Waals surface area (Å²) in [6, 6.07) is 12.6. The van der Waals surface area contributed by atoms with E-state index in [-0.39, 0.29) is 22.6 Å². The largest absolute Gasteiger partial charge is 0.340 e. The van der Waals surface area contributed by atoms with Crippen LogP contribution >= 0.6 is 0 Å². The molecule has 2 N–H and O–H groups in total. The third-order valence-corrected chi connectivity index (χ3v) is 7.76. The first-order chi connectivity index (χ1) is 15.6. The lowest BCUT2D eigenvalue weighted by molar-refractivity contribution is -0.118. The number of carbonyl (C=O) groups is 2. The van der Waals surface area contributed by atoms with Crippen LogP contribution in [0.4, 0.5) is 5.69 Å². The maximum absolute atomic E-state index is 12.9. The number of amides is 2. The number of sulfonamides is 1. The normalized spacial score (nSPS) is 16.4. The number of rotatable bonds is 7. The van der Waals surface area contributed by atoms with Gasteiger partial charge in [-0.05, 0) is 55.8 Å². The van der Waals surface area contributed by atoms with Gasteiger partial charge in [-0.15, -0.1) is 0 Å². The molecule has 1 heterocycles.